The van der Waals surface area contributed by atoms with Crippen LogP contribution < -0.4 is 14.8 Å². The molecule has 0 aromatic heterocycles. The number of hydrogen-bond donors (Lipinski definition) is 1. The second-order valence-electron chi connectivity index (χ2n) is 6.46. The minimum Gasteiger partial charge on any atom is -0.497 e. The molecule has 1 N–H and O–H groups in total. The van der Waals surface area contributed by atoms with Crippen molar-refractivity contribution in [3.63, 3.8) is 0 Å². The minimum absolute atomic E-state index is 0.0965. The number of anilines is 1. The van der Waals surface area contributed by atoms with Gasteiger partial charge in [0, 0.05) is 23.1 Å². The Morgan fingerprint density at radius 2 is 1.87 bits per heavy atom. The van der Waals surface area contributed by atoms with Crippen LogP contribution >= 0.6 is 11.8 Å². The van der Waals surface area contributed by atoms with Gasteiger partial charge in [-0.3, -0.25) is 9.59 Å². The van der Waals surface area contributed by atoms with E-state index in [1.54, 1.807) is 24.3 Å². The molecule has 1 unspecified atom stereocenters. The van der Waals surface area contributed by atoms with Gasteiger partial charge >= 0.3 is 6.36 Å². The van der Waals surface area contributed by atoms with Crippen LogP contribution in [0.3, 0.4) is 0 Å². The smallest absolute Gasteiger partial charge is 0.497 e. The van der Waals surface area contributed by atoms with Crippen molar-refractivity contribution in [2.45, 2.75) is 12.4 Å². The van der Waals surface area contributed by atoms with Crippen molar-refractivity contribution in [3.8, 4) is 11.5 Å². The van der Waals surface area contributed by atoms with E-state index in [2.05, 4.69) is 10.1 Å². The molecule has 10 heteroatoms. The van der Waals surface area contributed by atoms with Crippen LogP contribution in [0.4, 0.5) is 18.9 Å². The van der Waals surface area contributed by atoms with Crippen LogP contribution in [0.5, 0.6) is 11.5 Å². The SMILES string of the molecule is COc1ccc(NC(=O)C2CSCN2C(=O)/C=C/c2ccccc2OC(F)(F)F)cc1. The van der Waals surface area contributed by atoms with Gasteiger partial charge in [-0.25, -0.2) is 0 Å². The molecule has 2 aromatic carbocycles. The molecule has 1 aliphatic rings. The number of ether oxygens (including phenoxy) is 2. The Kier molecular flexibility index (Phi) is 7.11. The van der Waals surface area contributed by atoms with E-state index in [0.717, 1.165) is 12.1 Å². The van der Waals surface area contributed by atoms with Gasteiger partial charge in [-0.05, 0) is 36.4 Å². The van der Waals surface area contributed by atoms with Crippen molar-refractivity contribution in [1.82, 2.24) is 4.90 Å². The Morgan fingerprint density at radius 3 is 2.55 bits per heavy atom. The van der Waals surface area contributed by atoms with Crippen LogP contribution in [0.2, 0.25) is 0 Å². The average molecular weight is 452 g/mol. The lowest BCUT2D eigenvalue weighted by Gasteiger charge is -2.21. The number of alkyl halides is 3. The highest BCUT2D eigenvalue weighted by Gasteiger charge is 2.34. The summed E-state index contributed by atoms with van der Waals surface area (Å²) < 4.78 is 46.7. The maximum atomic E-state index is 12.7. The summed E-state index contributed by atoms with van der Waals surface area (Å²) in [6.45, 7) is 0. The topological polar surface area (TPSA) is 67.9 Å². The second-order valence-corrected chi connectivity index (χ2v) is 7.46. The molecule has 0 aliphatic carbocycles. The predicted octanol–water partition coefficient (Wildman–Crippen LogP) is 4.15. The quantitative estimate of drug-likeness (QED) is 0.667. The zero-order valence-electron chi connectivity index (χ0n) is 16.4. The highest BCUT2D eigenvalue weighted by atomic mass is 32.2. The van der Waals surface area contributed by atoms with E-state index in [1.165, 1.54) is 48.0 Å². The summed E-state index contributed by atoms with van der Waals surface area (Å²) in [5.41, 5.74) is 0.656. The highest BCUT2D eigenvalue weighted by Crippen LogP contribution is 2.28. The number of nitrogens with zero attached hydrogens (tertiary/aromatic N) is 1. The summed E-state index contributed by atoms with van der Waals surface area (Å²) in [7, 11) is 1.54. The molecule has 164 valence electrons. The number of hydrogen-bond acceptors (Lipinski definition) is 5. The maximum absolute atomic E-state index is 12.7. The van der Waals surface area contributed by atoms with Gasteiger partial charge in [-0.1, -0.05) is 18.2 Å². The molecule has 0 saturated carbocycles. The largest absolute Gasteiger partial charge is 0.573 e. The van der Waals surface area contributed by atoms with Gasteiger partial charge < -0.3 is 19.7 Å². The number of halogens is 3. The van der Waals surface area contributed by atoms with Gasteiger partial charge in [0.25, 0.3) is 0 Å². The molecule has 31 heavy (non-hydrogen) atoms. The van der Waals surface area contributed by atoms with Crippen molar-refractivity contribution in [3.05, 3.63) is 60.2 Å². The van der Waals surface area contributed by atoms with Crippen LogP contribution in [0, 0.1) is 0 Å². The van der Waals surface area contributed by atoms with Crippen molar-refractivity contribution in [2.75, 3.05) is 24.1 Å². The van der Waals surface area contributed by atoms with Gasteiger partial charge in [-0.2, -0.15) is 0 Å². The molecular weight excluding hydrogens is 433 g/mol. The Hall–Kier alpha value is -3.14. The summed E-state index contributed by atoms with van der Waals surface area (Å²) in [5, 5.41) is 2.76. The lowest BCUT2D eigenvalue weighted by atomic mass is 10.1. The first-order valence-corrected chi connectivity index (χ1v) is 10.3. The molecule has 0 bridgehead atoms. The number of nitrogens with one attached hydrogen (secondary N) is 1. The zero-order valence-corrected chi connectivity index (χ0v) is 17.2. The van der Waals surface area contributed by atoms with Gasteiger partial charge in [0.1, 0.15) is 17.5 Å². The number of methoxy groups -OCH3 is 1. The monoisotopic (exact) mass is 452 g/mol. The van der Waals surface area contributed by atoms with E-state index in [0.29, 0.717) is 23.1 Å². The van der Waals surface area contributed by atoms with E-state index in [9.17, 15) is 22.8 Å². The van der Waals surface area contributed by atoms with Crippen LogP contribution in [0.15, 0.2) is 54.6 Å². The second kappa shape index (κ2) is 9.78. The third-order valence-corrected chi connectivity index (χ3v) is 5.39. The summed E-state index contributed by atoms with van der Waals surface area (Å²) >= 11 is 1.41. The fraction of sp³-hybridized carbons (Fsp3) is 0.238. The normalized spacial score (nSPS) is 16.4. The third-order valence-electron chi connectivity index (χ3n) is 4.38. The number of para-hydroxylation sites is 1. The molecular formula is C21H19F3N2O4S. The molecule has 1 atom stereocenters. The fourth-order valence-electron chi connectivity index (χ4n) is 2.87. The van der Waals surface area contributed by atoms with Crippen molar-refractivity contribution >= 4 is 35.3 Å². The molecule has 2 aromatic rings. The lowest BCUT2D eigenvalue weighted by molar-refractivity contribution is -0.274. The first kappa shape index (κ1) is 22.5. The molecule has 1 fully saturated rings. The number of benzene rings is 2. The van der Waals surface area contributed by atoms with Crippen LogP contribution in [0.1, 0.15) is 5.56 Å². The van der Waals surface area contributed by atoms with Crippen LogP contribution in [-0.2, 0) is 9.59 Å². The molecule has 3 rings (SSSR count). The Bertz CT molecular complexity index is 964. The van der Waals surface area contributed by atoms with Gasteiger partial charge in [0.2, 0.25) is 11.8 Å². The van der Waals surface area contributed by atoms with E-state index in [-0.39, 0.29) is 11.5 Å². The lowest BCUT2D eigenvalue weighted by Crippen LogP contribution is -2.43. The Labute approximate surface area is 181 Å². The average Bonchev–Trinajstić information content (AvgIpc) is 3.22. The van der Waals surface area contributed by atoms with Gasteiger partial charge in [0.15, 0.2) is 0 Å². The molecule has 0 spiro atoms. The fourth-order valence-corrected chi connectivity index (χ4v) is 4.03. The third kappa shape index (κ3) is 6.17. The minimum atomic E-state index is -4.84. The summed E-state index contributed by atoms with van der Waals surface area (Å²) in [5.74, 6) is 0.106. The van der Waals surface area contributed by atoms with E-state index >= 15 is 0 Å². The summed E-state index contributed by atoms with van der Waals surface area (Å²) in [6.07, 6.45) is -2.47. The standard InChI is InChI=1S/C21H19F3N2O4S/c1-29-16-9-7-15(8-10-16)25-20(28)17-12-31-13-26(17)19(27)11-6-14-4-2-3-5-18(14)30-21(22,23)24/h2-11,17H,12-13H2,1H3,(H,25,28)/b11-6+. The number of carbonyl (C=O) groups is 2. The number of carbonyl (C=O) groups excluding carboxylic acids is 2. The van der Waals surface area contributed by atoms with Gasteiger partial charge in [-0.15, -0.1) is 24.9 Å². The molecule has 6 nitrogen and oxygen atoms in total. The highest BCUT2D eigenvalue weighted by molar-refractivity contribution is 7.99. The van der Waals surface area contributed by atoms with Crippen LogP contribution in [-0.4, -0.2) is 47.9 Å². The first-order chi connectivity index (χ1) is 14.8. The summed E-state index contributed by atoms with van der Waals surface area (Å²) in [4.78, 5) is 26.7. The number of rotatable bonds is 6. The van der Waals surface area contributed by atoms with Crippen molar-refractivity contribution in [2.24, 2.45) is 0 Å². The van der Waals surface area contributed by atoms with Gasteiger partial charge in [0.05, 0.1) is 13.0 Å². The Morgan fingerprint density at radius 1 is 1.16 bits per heavy atom. The first-order valence-electron chi connectivity index (χ1n) is 9.13. The maximum Gasteiger partial charge on any atom is 0.573 e. The zero-order chi connectivity index (χ0) is 22.4. The number of thioether (sulfide) groups is 1. The van der Waals surface area contributed by atoms with Crippen molar-refractivity contribution in [1.29, 1.82) is 0 Å². The number of amides is 2. The van der Waals surface area contributed by atoms with E-state index in [4.69, 9.17) is 4.74 Å². The van der Waals surface area contributed by atoms with Crippen molar-refractivity contribution < 1.29 is 32.2 Å². The summed E-state index contributed by atoms with van der Waals surface area (Å²) in [6, 6.07) is 11.6. The van der Waals surface area contributed by atoms with E-state index in [1.807, 2.05) is 0 Å². The molecule has 1 heterocycles. The Balaban J connectivity index is 1.67. The predicted molar refractivity (Wildman–Crippen MR) is 112 cm³/mol. The molecule has 2 amide bonds. The van der Waals surface area contributed by atoms with E-state index < -0.39 is 24.1 Å². The molecule has 0 radical (unpaired) electrons. The molecule has 1 aliphatic heterocycles. The molecule has 1 saturated heterocycles. The van der Waals surface area contributed by atoms with Crippen LogP contribution in [0.25, 0.3) is 6.08 Å².